The van der Waals surface area contributed by atoms with Crippen LogP contribution in [-0.4, -0.2) is 21.1 Å². The third-order valence-corrected chi connectivity index (χ3v) is 4.92. The molecule has 98 valence electrons. The van der Waals surface area contributed by atoms with Crippen molar-refractivity contribution in [1.82, 2.24) is 0 Å². The van der Waals surface area contributed by atoms with Gasteiger partial charge in [-0.25, -0.2) is 0 Å². The predicted octanol–water partition coefficient (Wildman–Crippen LogP) is 3.99. The number of fused-ring (bicyclic) bond motifs is 1. The number of hydrogen-bond donors (Lipinski definition) is 0. The largest absolute Gasteiger partial charge is 0.378 e. The van der Waals surface area contributed by atoms with E-state index in [4.69, 9.17) is 0 Å². The van der Waals surface area contributed by atoms with E-state index in [0.29, 0.717) is 5.37 Å². The Bertz CT molecular complexity index is 581. The van der Waals surface area contributed by atoms with Crippen LogP contribution < -0.4 is 9.80 Å². The van der Waals surface area contributed by atoms with Crippen molar-refractivity contribution < 1.29 is 0 Å². The third-order valence-electron chi connectivity index (χ3n) is 3.51. The summed E-state index contributed by atoms with van der Waals surface area (Å²) in [5.74, 6) is 0. The van der Waals surface area contributed by atoms with Crippen LogP contribution >= 0.6 is 11.8 Å². The minimum atomic E-state index is 0.383. The molecule has 0 radical (unpaired) electrons. The van der Waals surface area contributed by atoms with E-state index in [1.807, 2.05) is 11.8 Å². The van der Waals surface area contributed by atoms with Gasteiger partial charge in [-0.05, 0) is 23.8 Å². The number of rotatable bonds is 2. The number of hydrogen-bond acceptors (Lipinski definition) is 3. The van der Waals surface area contributed by atoms with Gasteiger partial charge in [0.25, 0.3) is 0 Å². The topological polar surface area (TPSA) is 6.48 Å². The highest BCUT2D eigenvalue weighted by Gasteiger charge is 2.28. The maximum Gasteiger partial charge on any atom is 0.105 e. The van der Waals surface area contributed by atoms with Crippen molar-refractivity contribution in [3.63, 3.8) is 0 Å². The summed E-state index contributed by atoms with van der Waals surface area (Å²) < 4.78 is 0. The Balaban J connectivity index is 1.96. The smallest absolute Gasteiger partial charge is 0.105 e. The Morgan fingerprint density at radius 1 is 1.05 bits per heavy atom. The molecule has 0 bridgehead atoms. The molecule has 1 aliphatic heterocycles. The molecule has 0 fully saturated rings. The van der Waals surface area contributed by atoms with E-state index in [1.54, 1.807) is 0 Å². The summed E-state index contributed by atoms with van der Waals surface area (Å²) in [6.07, 6.45) is 0. The van der Waals surface area contributed by atoms with Crippen molar-refractivity contribution in [2.45, 2.75) is 10.3 Å². The molecule has 0 saturated carbocycles. The molecule has 2 aromatic carbocycles. The summed E-state index contributed by atoms with van der Waals surface area (Å²) in [6, 6.07) is 17.4. The molecule has 1 atom stereocenters. The lowest BCUT2D eigenvalue weighted by Gasteiger charge is -2.22. The fourth-order valence-electron chi connectivity index (χ4n) is 2.39. The maximum atomic E-state index is 2.36. The van der Waals surface area contributed by atoms with Crippen LogP contribution in [0.25, 0.3) is 0 Å². The fraction of sp³-hybridized carbons (Fsp3) is 0.250. The van der Waals surface area contributed by atoms with Crippen molar-refractivity contribution in [3.05, 3.63) is 54.1 Å². The second kappa shape index (κ2) is 4.82. The Kier molecular flexibility index (Phi) is 3.15. The van der Waals surface area contributed by atoms with Crippen LogP contribution in [0.5, 0.6) is 0 Å². The van der Waals surface area contributed by atoms with E-state index in [2.05, 4.69) is 79.5 Å². The van der Waals surface area contributed by atoms with Crippen molar-refractivity contribution in [2.75, 3.05) is 30.9 Å². The first-order valence-corrected chi connectivity index (χ1v) is 7.30. The lowest BCUT2D eigenvalue weighted by Crippen LogP contribution is -2.17. The highest BCUT2D eigenvalue weighted by atomic mass is 32.2. The lowest BCUT2D eigenvalue weighted by molar-refractivity contribution is 0.912. The van der Waals surface area contributed by atoms with Crippen LogP contribution in [0.4, 0.5) is 11.4 Å². The molecular weight excluding hydrogens is 252 g/mol. The van der Waals surface area contributed by atoms with Gasteiger partial charge in [0.05, 0.1) is 5.69 Å². The minimum Gasteiger partial charge on any atom is -0.378 e. The van der Waals surface area contributed by atoms with Crippen LogP contribution in [0.15, 0.2) is 53.4 Å². The molecule has 1 unspecified atom stereocenters. The second-order valence-electron chi connectivity index (χ2n) is 5.04. The molecule has 0 N–H and O–H groups in total. The van der Waals surface area contributed by atoms with E-state index in [-0.39, 0.29) is 0 Å². The molecule has 0 amide bonds. The standard InChI is InChI=1S/C16H18N2S/c1-17(2)13-9-10-15-14(11-13)18(3)16(19-15)12-7-5-4-6-8-12/h4-11,16H,1-3H3. The summed E-state index contributed by atoms with van der Waals surface area (Å²) in [6.45, 7) is 0. The lowest BCUT2D eigenvalue weighted by atomic mass is 10.2. The molecule has 2 nitrogen and oxygen atoms in total. The molecule has 0 saturated heterocycles. The molecule has 3 heteroatoms. The number of anilines is 2. The molecule has 1 heterocycles. The Hall–Kier alpha value is -1.61. The van der Waals surface area contributed by atoms with Gasteiger partial charge in [0.2, 0.25) is 0 Å². The van der Waals surface area contributed by atoms with Gasteiger partial charge in [-0.15, -0.1) is 0 Å². The van der Waals surface area contributed by atoms with Crippen LogP contribution in [0, 0.1) is 0 Å². The van der Waals surface area contributed by atoms with Crippen molar-refractivity contribution in [1.29, 1.82) is 0 Å². The van der Waals surface area contributed by atoms with Gasteiger partial charge in [-0.2, -0.15) is 0 Å². The molecular formula is C16H18N2S. The fourth-order valence-corrected chi connectivity index (χ4v) is 3.67. The minimum absolute atomic E-state index is 0.383. The first-order valence-electron chi connectivity index (χ1n) is 6.42. The third kappa shape index (κ3) is 2.19. The first-order chi connectivity index (χ1) is 9.16. The summed E-state index contributed by atoms with van der Waals surface area (Å²) in [5.41, 5.74) is 3.93. The Morgan fingerprint density at radius 2 is 1.79 bits per heavy atom. The normalized spacial score (nSPS) is 17.4. The molecule has 2 aromatic rings. The SMILES string of the molecule is CN(C)c1ccc2c(c1)N(C)C(c1ccccc1)S2. The zero-order valence-electron chi connectivity index (χ0n) is 11.5. The number of thioether (sulfide) groups is 1. The molecule has 1 aliphatic rings. The number of nitrogens with zero attached hydrogens (tertiary/aromatic N) is 2. The molecule has 3 rings (SSSR count). The predicted molar refractivity (Wildman–Crippen MR) is 84.2 cm³/mol. The summed E-state index contributed by atoms with van der Waals surface area (Å²) >= 11 is 1.93. The van der Waals surface area contributed by atoms with Crippen LogP contribution in [-0.2, 0) is 0 Å². The van der Waals surface area contributed by atoms with Crippen molar-refractivity contribution in [2.24, 2.45) is 0 Å². The maximum absolute atomic E-state index is 2.36. The van der Waals surface area contributed by atoms with E-state index in [9.17, 15) is 0 Å². The summed E-state index contributed by atoms with van der Waals surface area (Å²) in [7, 11) is 6.34. The molecule has 0 aromatic heterocycles. The zero-order chi connectivity index (χ0) is 13.4. The number of benzene rings is 2. The van der Waals surface area contributed by atoms with Gasteiger partial charge in [0.1, 0.15) is 5.37 Å². The zero-order valence-corrected chi connectivity index (χ0v) is 12.3. The van der Waals surface area contributed by atoms with Crippen LogP contribution in [0.2, 0.25) is 0 Å². The second-order valence-corrected chi connectivity index (χ2v) is 6.16. The summed E-state index contributed by atoms with van der Waals surface area (Å²) in [4.78, 5) is 5.87. The van der Waals surface area contributed by atoms with Gasteiger partial charge < -0.3 is 9.80 Å². The highest BCUT2D eigenvalue weighted by molar-refractivity contribution is 8.00. The van der Waals surface area contributed by atoms with Gasteiger partial charge in [-0.3, -0.25) is 0 Å². The van der Waals surface area contributed by atoms with Crippen molar-refractivity contribution in [3.8, 4) is 0 Å². The van der Waals surface area contributed by atoms with Gasteiger partial charge >= 0.3 is 0 Å². The molecule has 0 spiro atoms. The van der Waals surface area contributed by atoms with E-state index >= 15 is 0 Å². The average molecular weight is 270 g/mol. The van der Waals surface area contributed by atoms with Gasteiger partial charge in [0, 0.05) is 31.7 Å². The monoisotopic (exact) mass is 270 g/mol. The van der Waals surface area contributed by atoms with Crippen LogP contribution in [0.3, 0.4) is 0 Å². The molecule has 0 aliphatic carbocycles. The van der Waals surface area contributed by atoms with Gasteiger partial charge in [-0.1, -0.05) is 42.1 Å². The first kappa shape index (κ1) is 12.4. The van der Waals surface area contributed by atoms with E-state index in [0.717, 1.165) is 0 Å². The Morgan fingerprint density at radius 3 is 2.47 bits per heavy atom. The Labute approximate surface area is 119 Å². The quantitative estimate of drug-likeness (QED) is 0.814. The van der Waals surface area contributed by atoms with Crippen LogP contribution in [0.1, 0.15) is 10.9 Å². The summed E-state index contributed by atoms with van der Waals surface area (Å²) in [5, 5.41) is 0.383. The van der Waals surface area contributed by atoms with E-state index in [1.165, 1.54) is 21.8 Å². The van der Waals surface area contributed by atoms with Gasteiger partial charge in [0.15, 0.2) is 0 Å². The van der Waals surface area contributed by atoms with E-state index < -0.39 is 0 Å². The molecule has 19 heavy (non-hydrogen) atoms. The highest BCUT2D eigenvalue weighted by Crippen LogP contribution is 2.51. The van der Waals surface area contributed by atoms with Crippen molar-refractivity contribution >= 4 is 23.1 Å². The average Bonchev–Trinajstić information content (AvgIpc) is 2.77.